The van der Waals surface area contributed by atoms with Crippen LogP contribution in [0.4, 0.5) is 0 Å². The minimum atomic E-state index is -0.866. The smallest absolute Gasteiger partial charge is 0.114 e. The van der Waals surface area contributed by atoms with Crippen molar-refractivity contribution in [3.8, 4) is 0 Å². The minimum absolute atomic E-state index is 0.135. The number of methoxy groups -OCH3 is 1. The van der Waals surface area contributed by atoms with Crippen molar-refractivity contribution in [2.24, 2.45) is 5.92 Å². The normalized spacial score (nSPS) is 21.4. The highest BCUT2D eigenvalue weighted by atomic mass is 16.5. The molecule has 0 saturated carbocycles. The molecule has 0 aliphatic carbocycles. The van der Waals surface area contributed by atoms with Gasteiger partial charge >= 0.3 is 0 Å². The van der Waals surface area contributed by atoms with E-state index in [4.69, 9.17) is 9.47 Å². The average Bonchev–Trinajstić information content (AvgIpc) is 2.19. The van der Waals surface area contributed by atoms with Crippen molar-refractivity contribution < 1.29 is 14.6 Å². The third-order valence-electron chi connectivity index (χ3n) is 2.81. The number of aliphatic hydroxyl groups is 1. The molecule has 14 heavy (non-hydrogen) atoms. The summed E-state index contributed by atoms with van der Waals surface area (Å²) in [6, 6.07) is 0. The van der Waals surface area contributed by atoms with Gasteiger partial charge in [0.25, 0.3) is 0 Å². The van der Waals surface area contributed by atoms with Crippen LogP contribution in [0.15, 0.2) is 11.8 Å². The van der Waals surface area contributed by atoms with Crippen LogP contribution in [0.2, 0.25) is 0 Å². The van der Waals surface area contributed by atoms with Crippen LogP contribution in [-0.2, 0) is 9.47 Å². The zero-order valence-electron chi connectivity index (χ0n) is 9.25. The van der Waals surface area contributed by atoms with Gasteiger partial charge in [-0.25, -0.2) is 0 Å². The molecule has 0 fully saturated rings. The maximum atomic E-state index is 10.4. The van der Waals surface area contributed by atoms with Crippen molar-refractivity contribution in [3.05, 3.63) is 11.8 Å². The highest BCUT2D eigenvalue weighted by Gasteiger charge is 2.36. The molecule has 0 aromatic rings. The van der Waals surface area contributed by atoms with Gasteiger partial charge in [0.2, 0.25) is 0 Å². The first kappa shape index (κ1) is 11.5. The zero-order chi connectivity index (χ0) is 10.6. The second-order valence-electron chi connectivity index (χ2n) is 4.13. The summed E-state index contributed by atoms with van der Waals surface area (Å²) < 4.78 is 10.3. The van der Waals surface area contributed by atoms with Crippen molar-refractivity contribution in [1.29, 1.82) is 0 Å². The molecule has 0 saturated heterocycles. The number of hydrogen-bond acceptors (Lipinski definition) is 3. The van der Waals surface area contributed by atoms with Crippen LogP contribution >= 0.6 is 0 Å². The SMILES string of the molecule is COCC(O)(C1=COCCC1)C(C)C. The van der Waals surface area contributed by atoms with Crippen molar-refractivity contribution in [3.63, 3.8) is 0 Å². The molecule has 1 heterocycles. The summed E-state index contributed by atoms with van der Waals surface area (Å²) in [4.78, 5) is 0. The third kappa shape index (κ3) is 2.28. The summed E-state index contributed by atoms with van der Waals surface area (Å²) in [6.45, 7) is 5.08. The van der Waals surface area contributed by atoms with Gasteiger partial charge in [0.15, 0.2) is 0 Å². The predicted octanol–water partition coefficient (Wildman–Crippen LogP) is 1.71. The molecule has 0 spiro atoms. The maximum Gasteiger partial charge on any atom is 0.114 e. The van der Waals surface area contributed by atoms with Gasteiger partial charge < -0.3 is 14.6 Å². The predicted molar refractivity (Wildman–Crippen MR) is 54.9 cm³/mol. The van der Waals surface area contributed by atoms with Gasteiger partial charge in [-0.15, -0.1) is 0 Å². The largest absolute Gasteiger partial charge is 0.501 e. The van der Waals surface area contributed by atoms with Crippen molar-refractivity contribution in [1.82, 2.24) is 0 Å². The van der Waals surface area contributed by atoms with Crippen LogP contribution in [0.5, 0.6) is 0 Å². The van der Waals surface area contributed by atoms with Crippen molar-refractivity contribution >= 4 is 0 Å². The molecule has 0 amide bonds. The Morgan fingerprint density at radius 2 is 2.36 bits per heavy atom. The fourth-order valence-electron chi connectivity index (χ4n) is 1.73. The van der Waals surface area contributed by atoms with Gasteiger partial charge in [-0.2, -0.15) is 0 Å². The molecule has 3 nitrogen and oxygen atoms in total. The lowest BCUT2D eigenvalue weighted by atomic mass is 9.81. The van der Waals surface area contributed by atoms with E-state index in [9.17, 15) is 5.11 Å². The third-order valence-corrected chi connectivity index (χ3v) is 2.81. The first-order valence-electron chi connectivity index (χ1n) is 5.13. The van der Waals surface area contributed by atoms with Gasteiger partial charge in [-0.1, -0.05) is 13.8 Å². The van der Waals surface area contributed by atoms with Crippen LogP contribution in [0.3, 0.4) is 0 Å². The molecule has 0 aromatic heterocycles. The van der Waals surface area contributed by atoms with E-state index in [0.717, 1.165) is 25.0 Å². The molecule has 1 atom stereocenters. The number of hydrogen-bond donors (Lipinski definition) is 1. The lowest BCUT2D eigenvalue weighted by Crippen LogP contribution is -2.42. The molecule has 1 unspecified atom stereocenters. The van der Waals surface area contributed by atoms with E-state index < -0.39 is 5.60 Å². The lowest BCUT2D eigenvalue weighted by Gasteiger charge is -2.35. The fraction of sp³-hybridized carbons (Fsp3) is 0.818. The summed E-state index contributed by atoms with van der Waals surface area (Å²) >= 11 is 0. The molecular weight excluding hydrogens is 180 g/mol. The summed E-state index contributed by atoms with van der Waals surface area (Å²) in [7, 11) is 1.61. The van der Waals surface area contributed by atoms with Gasteiger partial charge in [-0.3, -0.25) is 0 Å². The zero-order valence-corrected chi connectivity index (χ0v) is 9.25. The highest BCUT2D eigenvalue weighted by molar-refractivity contribution is 5.17. The van der Waals surface area contributed by atoms with E-state index in [2.05, 4.69) is 0 Å². The number of rotatable bonds is 4. The van der Waals surface area contributed by atoms with E-state index in [1.54, 1.807) is 13.4 Å². The van der Waals surface area contributed by atoms with Crippen LogP contribution in [0.1, 0.15) is 26.7 Å². The Hall–Kier alpha value is -0.540. The molecule has 82 valence electrons. The molecule has 0 radical (unpaired) electrons. The topological polar surface area (TPSA) is 38.7 Å². The Morgan fingerprint density at radius 3 is 2.79 bits per heavy atom. The standard InChI is InChI=1S/C11H20O3/c1-9(2)11(12,8-13-3)10-5-4-6-14-7-10/h7,9,12H,4-6,8H2,1-3H3. The van der Waals surface area contributed by atoms with Crippen LogP contribution in [0.25, 0.3) is 0 Å². The second kappa shape index (κ2) is 4.80. The van der Waals surface area contributed by atoms with Gasteiger partial charge in [0.05, 0.1) is 19.5 Å². The molecule has 3 heteroatoms. The van der Waals surface area contributed by atoms with E-state index in [0.29, 0.717) is 6.61 Å². The Balaban J connectivity index is 2.80. The Labute approximate surface area is 85.7 Å². The maximum absolute atomic E-state index is 10.4. The molecule has 1 aliphatic rings. The van der Waals surface area contributed by atoms with E-state index in [1.807, 2.05) is 13.8 Å². The molecule has 0 bridgehead atoms. The van der Waals surface area contributed by atoms with E-state index in [-0.39, 0.29) is 5.92 Å². The van der Waals surface area contributed by atoms with Gasteiger partial charge in [0, 0.05) is 7.11 Å². The van der Waals surface area contributed by atoms with Crippen molar-refractivity contribution in [2.75, 3.05) is 20.3 Å². The highest BCUT2D eigenvalue weighted by Crippen LogP contribution is 2.31. The summed E-state index contributed by atoms with van der Waals surface area (Å²) in [6.07, 6.45) is 3.57. The summed E-state index contributed by atoms with van der Waals surface area (Å²) in [5.41, 5.74) is 0.0930. The molecular formula is C11H20O3. The van der Waals surface area contributed by atoms with E-state index in [1.165, 1.54) is 0 Å². The molecule has 1 aliphatic heterocycles. The fourth-order valence-corrected chi connectivity index (χ4v) is 1.73. The Bertz CT molecular complexity index is 211. The first-order chi connectivity index (χ1) is 6.61. The van der Waals surface area contributed by atoms with Gasteiger partial charge in [0.1, 0.15) is 5.60 Å². The van der Waals surface area contributed by atoms with Crippen molar-refractivity contribution in [2.45, 2.75) is 32.3 Å². The summed E-state index contributed by atoms with van der Waals surface area (Å²) in [5, 5.41) is 10.4. The van der Waals surface area contributed by atoms with Crippen LogP contribution in [0, 0.1) is 5.92 Å². The van der Waals surface area contributed by atoms with E-state index >= 15 is 0 Å². The molecule has 0 aromatic carbocycles. The Kier molecular flexibility index (Phi) is 3.96. The first-order valence-corrected chi connectivity index (χ1v) is 5.13. The van der Waals surface area contributed by atoms with Crippen LogP contribution in [-0.4, -0.2) is 31.0 Å². The lowest BCUT2D eigenvalue weighted by molar-refractivity contribution is -0.0425. The molecule has 1 rings (SSSR count). The second-order valence-corrected chi connectivity index (χ2v) is 4.13. The van der Waals surface area contributed by atoms with Gasteiger partial charge in [-0.05, 0) is 24.3 Å². The number of ether oxygens (including phenoxy) is 2. The van der Waals surface area contributed by atoms with Crippen LogP contribution < -0.4 is 0 Å². The quantitative estimate of drug-likeness (QED) is 0.751. The minimum Gasteiger partial charge on any atom is -0.501 e. The Morgan fingerprint density at radius 1 is 1.64 bits per heavy atom. The molecule has 1 N–H and O–H groups in total. The average molecular weight is 200 g/mol. The summed E-state index contributed by atoms with van der Waals surface area (Å²) in [5.74, 6) is 0.135. The monoisotopic (exact) mass is 200 g/mol.